The number of rotatable bonds is 4. The van der Waals surface area contributed by atoms with E-state index in [-0.39, 0.29) is 5.70 Å². The number of allylic oxidation sites excluding steroid dienone is 3. The van der Waals surface area contributed by atoms with E-state index in [0.29, 0.717) is 16.7 Å². The average molecular weight is 414 g/mol. The number of halogens is 1. The van der Waals surface area contributed by atoms with E-state index in [9.17, 15) is 19.5 Å². The van der Waals surface area contributed by atoms with Crippen LogP contribution in [0.2, 0.25) is 0 Å². The zero-order valence-corrected chi connectivity index (χ0v) is 15.0. The maximum Gasteiger partial charge on any atom is 0.353 e. The van der Waals surface area contributed by atoms with Crippen molar-refractivity contribution in [2.24, 2.45) is 5.73 Å². The molecule has 2 aliphatic heterocycles. The number of carbonyl (C=O) groups excluding carboxylic acids is 2. The number of carboxylic acid groups (broad SMARTS) is 1. The lowest BCUT2D eigenvalue weighted by Crippen LogP contribution is -2.71. The van der Waals surface area contributed by atoms with Gasteiger partial charge in [0.15, 0.2) is 0 Å². The Hall–Kier alpha value is -1.58. The molecule has 0 aromatic heterocycles. The third kappa shape index (κ3) is 2.91. The second-order valence-electron chi connectivity index (χ2n) is 5.62. The zero-order valence-electron chi connectivity index (χ0n) is 12.6. The highest BCUT2D eigenvalue weighted by molar-refractivity contribution is 9.11. The van der Waals surface area contributed by atoms with Crippen molar-refractivity contribution in [3.63, 3.8) is 0 Å². The van der Waals surface area contributed by atoms with E-state index in [0.717, 1.165) is 12.0 Å². The molecule has 0 aromatic carbocycles. The maximum absolute atomic E-state index is 12.3. The topological polar surface area (TPSA) is 113 Å². The van der Waals surface area contributed by atoms with E-state index in [1.807, 2.05) is 18.2 Å². The fraction of sp³-hybridized carbons (Fsp3) is 0.400. The van der Waals surface area contributed by atoms with Gasteiger partial charge in [0, 0.05) is 10.2 Å². The molecule has 1 unspecified atom stereocenters. The molecule has 3 atom stereocenters. The van der Waals surface area contributed by atoms with Crippen molar-refractivity contribution in [3.8, 4) is 0 Å². The van der Waals surface area contributed by atoms with Crippen molar-refractivity contribution in [1.82, 2.24) is 10.2 Å². The highest BCUT2D eigenvalue weighted by Gasteiger charge is 2.54. The summed E-state index contributed by atoms with van der Waals surface area (Å²) < 4.78 is 0.463. The Labute approximate surface area is 151 Å². The number of hydrogen-bond acceptors (Lipinski definition) is 5. The van der Waals surface area contributed by atoms with Gasteiger partial charge in [0.2, 0.25) is 5.91 Å². The molecule has 1 aliphatic carbocycles. The molecule has 128 valence electrons. The molecular formula is C15H16BrN3O4S. The number of fused-ring (bicyclic) bond motifs is 1. The summed E-state index contributed by atoms with van der Waals surface area (Å²) in [5, 5.41) is 11.5. The number of nitrogens with two attached hydrogens (primary N) is 1. The number of carbonyl (C=O) groups is 3. The second-order valence-corrected chi connectivity index (χ2v) is 7.68. The van der Waals surface area contributed by atoms with Crippen LogP contribution < -0.4 is 11.1 Å². The number of aliphatic carboxylic acids is 1. The van der Waals surface area contributed by atoms with Crippen LogP contribution in [0.15, 0.2) is 34.0 Å². The largest absolute Gasteiger partial charge is 0.477 e. The Morgan fingerprint density at radius 3 is 2.83 bits per heavy atom. The van der Waals surface area contributed by atoms with Gasteiger partial charge in [-0.15, -0.1) is 11.8 Å². The summed E-state index contributed by atoms with van der Waals surface area (Å²) in [7, 11) is 0. The first-order valence-electron chi connectivity index (χ1n) is 7.38. The molecule has 1 saturated heterocycles. The Morgan fingerprint density at radius 1 is 1.46 bits per heavy atom. The monoisotopic (exact) mass is 413 g/mol. The van der Waals surface area contributed by atoms with Gasteiger partial charge in [0.05, 0.1) is 0 Å². The number of β-lactam (4-membered cyclic amide) rings is 1. The lowest BCUT2D eigenvalue weighted by Gasteiger charge is -2.49. The third-order valence-corrected chi connectivity index (χ3v) is 6.45. The van der Waals surface area contributed by atoms with Crippen LogP contribution in [0.1, 0.15) is 12.8 Å². The van der Waals surface area contributed by atoms with Gasteiger partial charge in [-0.2, -0.15) is 0 Å². The molecule has 3 aliphatic rings. The van der Waals surface area contributed by atoms with E-state index in [2.05, 4.69) is 21.2 Å². The third-order valence-electron chi connectivity index (χ3n) is 4.14. The summed E-state index contributed by atoms with van der Waals surface area (Å²) in [4.78, 5) is 37.2. The van der Waals surface area contributed by atoms with E-state index in [1.54, 1.807) is 0 Å². The normalized spacial score (nSPS) is 27.2. The molecule has 9 heteroatoms. The van der Waals surface area contributed by atoms with E-state index in [4.69, 9.17) is 5.73 Å². The summed E-state index contributed by atoms with van der Waals surface area (Å²) in [6.45, 7) is 0. The lowest BCUT2D eigenvalue weighted by atomic mass is 9.97. The van der Waals surface area contributed by atoms with Crippen molar-refractivity contribution in [2.75, 3.05) is 5.75 Å². The van der Waals surface area contributed by atoms with Crippen molar-refractivity contribution in [3.05, 3.63) is 34.0 Å². The quantitative estimate of drug-likeness (QED) is 0.461. The number of amides is 2. The minimum atomic E-state index is -1.17. The van der Waals surface area contributed by atoms with E-state index < -0.39 is 35.2 Å². The van der Waals surface area contributed by atoms with Crippen LogP contribution in [0.5, 0.6) is 0 Å². The summed E-state index contributed by atoms with van der Waals surface area (Å²) >= 11 is 4.59. The van der Waals surface area contributed by atoms with Gasteiger partial charge >= 0.3 is 5.97 Å². The molecule has 0 aromatic rings. The van der Waals surface area contributed by atoms with Crippen molar-refractivity contribution < 1.29 is 19.5 Å². The van der Waals surface area contributed by atoms with Crippen LogP contribution in [-0.2, 0) is 14.4 Å². The molecule has 24 heavy (non-hydrogen) atoms. The molecule has 1 fully saturated rings. The Bertz CT molecular complexity index is 703. The molecule has 0 bridgehead atoms. The molecule has 2 amide bonds. The predicted molar refractivity (Wildman–Crippen MR) is 93.0 cm³/mol. The Kier molecular flexibility index (Phi) is 4.84. The van der Waals surface area contributed by atoms with Crippen LogP contribution in [0.4, 0.5) is 0 Å². The molecule has 0 saturated carbocycles. The van der Waals surface area contributed by atoms with Gasteiger partial charge < -0.3 is 16.2 Å². The minimum absolute atomic E-state index is 0.0568. The lowest BCUT2D eigenvalue weighted by molar-refractivity contribution is -0.150. The summed E-state index contributed by atoms with van der Waals surface area (Å²) in [6.07, 6.45) is 7.23. The number of carboxylic acids is 1. The molecular weight excluding hydrogens is 398 g/mol. The highest BCUT2D eigenvalue weighted by atomic mass is 79.9. The summed E-state index contributed by atoms with van der Waals surface area (Å²) in [5.74, 6) is -1.58. The Morgan fingerprint density at radius 2 is 2.21 bits per heavy atom. The number of thioether (sulfide) groups is 1. The molecule has 2 heterocycles. The number of nitrogens with zero attached hydrogens (tertiary/aromatic N) is 1. The second kappa shape index (κ2) is 6.73. The smallest absolute Gasteiger partial charge is 0.353 e. The molecule has 0 spiro atoms. The van der Waals surface area contributed by atoms with Gasteiger partial charge in [-0.05, 0) is 18.4 Å². The van der Waals surface area contributed by atoms with Crippen LogP contribution in [0.3, 0.4) is 0 Å². The summed E-state index contributed by atoms with van der Waals surface area (Å²) in [6, 6.07) is -1.55. The first-order valence-corrected chi connectivity index (χ1v) is 9.22. The number of nitrogens with one attached hydrogen (secondary N) is 1. The highest BCUT2D eigenvalue weighted by Crippen LogP contribution is 2.41. The van der Waals surface area contributed by atoms with Crippen LogP contribution in [0.25, 0.3) is 0 Å². The van der Waals surface area contributed by atoms with Crippen molar-refractivity contribution in [1.29, 1.82) is 0 Å². The van der Waals surface area contributed by atoms with Gasteiger partial charge in [-0.25, -0.2) is 4.79 Å². The molecule has 7 nitrogen and oxygen atoms in total. The van der Waals surface area contributed by atoms with E-state index in [1.165, 1.54) is 16.7 Å². The minimum Gasteiger partial charge on any atom is -0.477 e. The van der Waals surface area contributed by atoms with Crippen molar-refractivity contribution >= 4 is 45.5 Å². The fourth-order valence-corrected chi connectivity index (χ4v) is 4.81. The van der Waals surface area contributed by atoms with E-state index >= 15 is 0 Å². The first kappa shape index (κ1) is 17.2. The van der Waals surface area contributed by atoms with Crippen LogP contribution in [-0.4, -0.2) is 51.0 Å². The van der Waals surface area contributed by atoms with Crippen LogP contribution in [0, 0.1) is 0 Å². The molecule has 4 N–H and O–H groups in total. The summed E-state index contributed by atoms with van der Waals surface area (Å²) in [5.41, 5.74) is 6.74. The predicted octanol–water partition coefficient (Wildman–Crippen LogP) is 0.681. The molecule has 3 rings (SSSR count). The standard InChI is InChI=1S/C15H16BrN3O4S/c16-8-6-24-14-10(13(21)19(14)11(8)15(22)23)18-12(20)9(17)7-4-2-1-3-5-7/h1-2,5,9-10,14H,3-4,6,17H2,(H,18,20)(H,22,23)/t9?,10-,14-/m1/s1. The van der Waals surface area contributed by atoms with Gasteiger partial charge in [0.25, 0.3) is 5.91 Å². The fourth-order valence-electron chi connectivity index (χ4n) is 2.87. The molecule has 0 radical (unpaired) electrons. The maximum atomic E-state index is 12.3. The first-order chi connectivity index (χ1) is 11.4. The van der Waals surface area contributed by atoms with Gasteiger partial charge in [-0.1, -0.05) is 34.2 Å². The Balaban J connectivity index is 1.68. The average Bonchev–Trinajstić information content (AvgIpc) is 2.59. The number of hydrogen-bond donors (Lipinski definition) is 3. The SMILES string of the molecule is NC(C(=O)N[C@@H]1C(=O)N2C(C(=O)O)=C(Br)CS[C@H]12)C1=CCC=CC1. The van der Waals surface area contributed by atoms with Gasteiger partial charge in [-0.3, -0.25) is 14.5 Å². The van der Waals surface area contributed by atoms with Gasteiger partial charge in [0.1, 0.15) is 23.2 Å². The zero-order chi connectivity index (χ0) is 17.4. The van der Waals surface area contributed by atoms with Crippen LogP contribution >= 0.6 is 27.7 Å². The van der Waals surface area contributed by atoms with Crippen molar-refractivity contribution in [2.45, 2.75) is 30.3 Å².